The van der Waals surface area contributed by atoms with Crippen LogP contribution in [0.2, 0.25) is 0 Å². The Morgan fingerprint density at radius 3 is 2.40 bits per heavy atom. The van der Waals surface area contributed by atoms with Crippen LogP contribution in [-0.2, 0) is 0 Å². The van der Waals surface area contributed by atoms with Crippen molar-refractivity contribution in [2.45, 2.75) is 52.4 Å². The van der Waals surface area contributed by atoms with E-state index in [2.05, 4.69) is 18.6 Å². The van der Waals surface area contributed by atoms with Gasteiger partial charge in [-0.25, -0.2) is 0 Å². The minimum absolute atomic E-state index is 0.748. The summed E-state index contributed by atoms with van der Waals surface area (Å²) in [6.07, 6.45) is 11.1. The summed E-state index contributed by atoms with van der Waals surface area (Å²) in [5.74, 6) is 2.10. The molecule has 0 radical (unpaired) electrons. The molecule has 3 unspecified atom stereocenters. The molecule has 0 spiro atoms. The third-order valence-electron chi connectivity index (χ3n) is 4.73. The molecule has 0 amide bonds. The number of nitrogens with one attached hydrogen (secondary N) is 1. The van der Waals surface area contributed by atoms with Gasteiger partial charge in [-0.05, 0) is 56.2 Å². The molecule has 0 aromatic rings. The van der Waals surface area contributed by atoms with Crippen LogP contribution in [0.25, 0.3) is 0 Å². The molecule has 1 nitrogen and oxygen atoms in total. The van der Waals surface area contributed by atoms with Crippen molar-refractivity contribution in [3.05, 3.63) is 0 Å². The van der Waals surface area contributed by atoms with Crippen LogP contribution in [-0.4, -0.2) is 13.3 Å². The van der Waals surface area contributed by atoms with Crippen LogP contribution in [0.4, 0.5) is 0 Å². The highest BCUT2D eigenvalue weighted by molar-refractivity contribution is 7.96. The first-order chi connectivity index (χ1) is 7.15. The van der Waals surface area contributed by atoms with E-state index in [0.717, 1.165) is 17.3 Å². The van der Waals surface area contributed by atoms with Gasteiger partial charge in [0.1, 0.15) is 0 Å². The Kier molecular flexibility index (Phi) is 5.48. The van der Waals surface area contributed by atoms with Gasteiger partial charge in [-0.2, -0.15) is 0 Å². The molecule has 2 saturated carbocycles. The standard InChI is InChI=1S/C11H20.C2H7NS/c1-9-6-7-10-5-3-4-8-11(9,10)2;1-3-4-2/h9-10H,3-8H2,1-2H3;3H,1-2H3. The third-order valence-corrected chi connectivity index (χ3v) is 5.14. The normalized spacial score (nSPS) is 39.2. The predicted molar refractivity (Wildman–Crippen MR) is 71.0 cm³/mol. The maximum Gasteiger partial charge on any atom is -0.00373 e. The van der Waals surface area contributed by atoms with E-state index in [1.807, 2.05) is 13.3 Å². The average Bonchev–Trinajstić information content (AvgIpc) is 2.56. The third kappa shape index (κ3) is 3.13. The van der Waals surface area contributed by atoms with Gasteiger partial charge in [-0.3, -0.25) is 4.72 Å². The maximum atomic E-state index is 2.85. The highest BCUT2D eigenvalue weighted by Crippen LogP contribution is 2.54. The molecule has 15 heavy (non-hydrogen) atoms. The van der Waals surface area contributed by atoms with Crippen molar-refractivity contribution in [1.82, 2.24) is 4.72 Å². The fourth-order valence-corrected chi connectivity index (χ4v) is 3.33. The first kappa shape index (κ1) is 13.4. The van der Waals surface area contributed by atoms with E-state index in [1.165, 1.54) is 38.5 Å². The minimum atomic E-state index is 0.748. The van der Waals surface area contributed by atoms with Gasteiger partial charge in [0.2, 0.25) is 0 Å². The molecule has 2 rings (SSSR count). The van der Waals surface area contributed by atoms with Crippen molar-refractivity contribution in [2.75, 3.05) is 13.3 Å². The zero-order valence-corrected chi connectivity index (χ0v) is 11.6. The molecule has 0 bridgehead atoms. The Morgan fingerprint density at radius 2 is 1.87 bits per heavy atom. The highest BCUT2D eigenvalue weighted by Gasteiger charge is 2.44. The number of hydrogen-bond donors (Lipinski definition) is 1. The first-order valence-electron chi connectivity index (χ1n) is 6.35. The van der Waals surface area contributed by atoms with Crippen LogP contribution in [0.5, 0.6) is 0 Å². The van der Waals surface area contributed by atoms with Crippen LogP contribution in [0.15, 0.2) is 0 Å². The van der Waals surface area contributed by atoms with Gasteiger partial charge in [0.05, 0.1) is 0 Å². The lowest BCUT2D eigenvalue weighted by Crippen LogP contribution is -2.30. The molecule has 2 heteroatoms. The summed E-state index contributed by atoms with van der Waals surface area (Å²) in [7, 11) is 1.89. The summed E-state index contributed by atoms with van der Waals surface area (Å²) in [4.78, 5) is 0. The minimum Gasteiger partial charge on any atom is -0.267 e. The predicted octanol–water partition coefficient (Wildman–Crippen LogP) is 4.10. The second-order valence-corrected chi connectivity index (χ2v) is 6.15. The van der Waals surface area contributed by atoms with Crippen molar-refractivity contribution in [3.8, 4) is 0 Å². The van der Waals surface area contributed by atoms with Crippen molar-refractivity contribution < 1.29 is 0 Å². The first-order valence-corrected chi connectivity index (χ1v) is 7.57. The van der Waals surface area contributed by atoms with Gasteiger partial charge in [-0.15, -0.1) is 0 Å². The number of fused-ring (bicyclic) bond motifs is 1. The second-order valence-electron chi connectivity index (χ2n) is 5.34. The lowest BCUT2D eigenvalue weighted by molar-refractivity contribution is 0.109. The molecule has 0 aliphatic heterocycles. The average molecular weight is 229 g/mol. The SMILES string of the molecule is CC1CCC2CCCCC12C.CNSC. The van der Waals surface area contributed by atoms with Gasteiger partial charge in [0, 0.05) is 0 Å². The van der Waals surface area contributed by atoms with E-state index in [-0.39, 0.29) is 0 Å². The van der Waals surface area contributed by atoms with E-state index >= 15 is 0 Å². The molecular weight excluding hydrogens is 202 g/mol. The van der Waals surface area contributed by atoms with Crippen molar-refractivity contribution in [3.63, 3.8) is 0 Å². The second kappa shape index (κ2) is 6.15. The van der Waals surface area contributed by atoms with Crippen molar-refractivity contribution >= 4 is 11.9 Å². The maximum absolute atomic E-state index is 2.85. The van der Waals surface area contributed by atoms with E-state index in [0.29, 0.717) is 0 Å². The molecule has 1 N–H and O–H groups in total. The van der Waals surface area contributed by atoms with Gasteiger partial charge < -0.3 is 0 Å². The largest absolute Gasteiger partial charge is 0.267 e. The van der Waals surface area contributed by atoms with E-state index in [1.54, 1.807) is 11.9 Å². The zero-order valence-electron chi connectivity index (χ0n) is 10.8. The smallest absolute Gasteiger partial charge is 0.00373 e. The van der Waals surface area contributed by atoms with E-state index < -0.39 is 0 Å². The monoisotopic (exact) mass is 229 g/mol. The summed E-state index contributed by atoms with van der Waals surface area (Å²) < 4.78 is 2.85. The molecule has 0 aromatic heterocycles. The molecule has 0 saturated heterocycles. The van der Waals surface area contributed by atoms with Crippen molar-refractivity contribution in [2.24, 2.45) is 17.3 Å². The summed E-state index contributed by atoms with van der Waals surface area (Å²) in [6, 6.07) is 0. The topological polar surface area (TPSA) is 12.0 Å². The van der Waals surface area contributed by atoms with Crippen LogP contribution < -0.4 is 4.72 Å². The van der Waals surface area contributed by atoms with Crippen LogP contribution in [0.3, 0.4) is 0 Å². The Labute approximate surface area is 99.9 Å². The van der Waals surface area contributed by atoms with Gasteiger partial charge in [0.15, 0.2) is 0 Å². The van der Waals surface area contributed by atoms with Gasteiger partial charge in [0.25, 0.3) is 0 Å². The fraction of sp³-hybridized carbons (Fsp3) is 1.00. The molecule has 2 aliphatic rings. The molecular formula is C13H27NS. The zero-order chi connectivity index (χ0) is 11.3. The van der Waals surface area contributed by atoms with Crippen LogP contribution >= 0.6 is 11.9 Å². The molecule has 2 aliphatic carbocycles. The van der Waals surface area contributed by atoms with E-state index in [4.69, 9.17) is 0 Å². The summed E-state index contributed by atoms with van der Waals surface area (Å²) in [5, 5.41) is 0. The number of hydrogen-bond acceptors (Lipinski definition) is 2. The highest BCUT2D eigenvalue weighted by atomic mass is 32.2. The van der Waals surface area contributed by atoms with Crippen molar-refractivity contribution in [1.29, 1.82) is 0 Å². The summed E-state index contributed by atoms with van der Waals surface area (Å²) >= 11 is 1.61. The molecule has 90 valence electrons. The Balaban J connectivity index is 0.000000245. The van der Waals surface area contributed by atoms with Gasteiger partial charge in [-0.1, -0.05) is 38.6 Å². The summed E-state index contributed by atoms with van der Waals surface area (Å²) in [6.45, 7) is 5.00. The van der Waals surface area contributed by atoms with E-state index in [9.17, 15) is 0 Å². The van der Waals surface area contributed by atoms with Gasteiger partial charge >= 0.3 is 0 Å². The molecule has 2 fully saturated rings. The Bertz CT molecular complexity index is 179. The lowest BCUT2D eigenvalue weighted by atomic mass is 9.66. The Morgan fingerprint density at radius 1 is 1.20 bits per heavy atom. The molecule has 3 atom stereocenters. The molecule has 0 aromatic carbocycles. The van der Waals surface area contributed by atoms with Crippen LogP contribution in [0.1, 0.15) is 52.4 Å². The quantitative estimate of drug-likeness (QED) is 0.680. The number of rotatable bonds is 1. The fourth-order valence-electron chi connectivity index (χ4n) is 3.33. The lowest BCUT2D eigenvalue weighted by Gasteiger charge is -2.39. The molecule has 0 heterocycles. The summed E-state index contributed by atoms with van der Waals surface area (Å²) in [5.41, 5.74) is 0.748. The Hall–Kier alpha value is 0.310. The van der Waals surface area contributed by atoms with Crippen LogP contribution in [0, 0.1) is 17.3 Å².